The van der Waals surface area contributed by atoms with Crippen molar-refractivity contribution in [2.75, 3.05) is 20.6 Å². The highest BCUT2D eigenvalue weighted by Gasteiger charge is 2.37. The van der Waals surface area contributed by atoms with Crippen molar-refractivity contribution in [1.82, 2.24) is 14.8 Å². The summed E-state index contributed by atoms with van der Waals surface area (Å²) in [5, 5.41) is 0. The first-order chi connectivity index (χ1) is 9.43. The van der Waals surface area contributed by atoms with Crippen molar-refractivity contribution in [3.63, 3.8) is 0 Å². The lowest BCUT2D eigenvalue weighted by Crippen LogP contribution is -2.45. The first-order valence-corrected chi connectivity index (χ1v) is 6.89. The summed E-state index contributed by atoms with van der Waals surface area (Å²) in [4.78, 5) is 31.9. The first kappa shape index (κ1) is 14.6. The van der Waals surface area contributed by atoms with Crippen LogP contribution in [0.3, 0.4) is 0 Å². The molecular formula is C14H21N3O3. The average Bonchev–Trinajstić information content (AvgIpc) is 3.05. The number of aromatic nitrogens is 1. The zero-order valence-electron chi connectivity index (χ0n) is 12.4. The van der Waals surface area contributed by atoms with E-state index >= 15 is 0 Å². The van der Waals surface area contributed by atoms with Gasteiger partial charge < -0.3 is 14.2 Å². The third-order valence-electron chi connectivity index (χ3n) is 3.56. The van der Waals surface area contributed by atoms with Gasteiger partial charge in [0.2, 0.25) is 5.91 Å². The highest BCUT2D eigenvalue weighted by atomic mass is 16.3. The monoisotopic (exact) mass is 279 g/mol. The van der Waals surface area contributed by atoms with Gasteiger partial charge in [-0.15, -0.1) is 0 Å². The molecule has 0 N–H and O–H groups in total. The lowest BCUT2D eigenvalue weighted by atomic mass is 10.1. The summed E-state index contributed by atoms with van der Waals surface area (Å²) in [5.74, 6) is 0.422. The summed E-state index contributed by atoms with van der Waals surface area (Å²) in [6.45, 7) is 4.49. The maximum absolute atomic E-state index is 12.6. The second-order valence-corrected chi connectivity index (χ2v) is 5.61. The van der Waals surface area contributed by atoms with Crippen LogP contribution in [0.2, 0.25) is 0 Å². The standard InChI is InChI=1S/C14H21N3O3/c1-9(2)12-11(15-8-20-12)14(19)17-7-5-6-10(17)13(18)16(3)4/h8-10H,5-7H2,1-4H3/t10-/m0/s1. The molecule has 1 aromatic rings. The van der Waals surface area contributed by atoms with Crippen LogP contribution in [0, 0.1) is 0 Å². The summed E-state index contributed by atoms with van der Waals surface area (Å²) >= 11 is 0. The Kier molecular flexibility index (Phi) is 4.11. The molecule has 0 spiro atoms. The van der Waals surface area contributed by atoms with Crippen LogP contribution in [0.4, 0.5) is 0 Å². The number of likely N-dealkylation sites (tertiary alicyclic amines) is 1. The summed E-state index contributed by atoms with van der Waals surface area (Å²) in [6.07, 6.45) is 2.84. The van der Waals surface area contributed by atoms with Gasteiger partial charge in [0.25, 0.3) is 5.91 Å². The average molecular weight is 279 g/mol. The minimum Gasteiger partial charge on any atom is -0.447 e. The number of rotatable bonds is 3. The third-order valence-corrected chi connectivity index (χ3v) is 3.56. The molecule has 6 nitrogen and oxygen atoms in total. The molecule has 1 saturated heterocycles. The molecule has 1 fully saturated rings. The van der Waals surface area contributed by atoms with Crippen LogP contribution in [0.5, 0.6) is 0 Å². The molecule has 1 aliphatic rings. The Balaban J connectivity index is 2.24. The lowest BCUT2D eigenvalue weighted by Gasteiger charge is -2.25. The van der Waals surface area contributed by atoms with Crippen molar-refractivity contribution in [2.45, 2.75) is 38.6 Å². The first-order valence-electron chi connectivity index (χ1n) is 6.89. The van der Waals surface area contributed by atoms with Crippen molar-refractivity contribution < 1.29 is 14.0 Å². The molecule has 0 aliphatic carbocycles. The quantitative estimate of drug-likeness (QED) is 0.840. The Labute approximate surface area is 118 Å². The van der Waals surface area contributed by atoms with E-state index in [2.05, 4.69) is 4.98 Å². The summed E-state index contributed by atoms with van der Waals surface area (Å²) < 4.78 is 5.30. The van der Waals surface area contributed by atoms with Gasteiger partial charge in [-0.05, 0) is 12.8 Å². The molecule has 110 valence electrons. The van der Waals surface area contributed by atoms with E-state index in [0.29, 0.717) is 24.4 Å². The lowest BCUT2D eigenvalue weighted by molar-refractivity contribution is -0.132. The van der Waals surface area contributed by atoms with E-state index in [9.17, 15) is 9.59 Å². The molecule has 0 radical (unpaired) electrons. The number of hydrogen-bond donors (Lipinski definition) is 0. The zero-order chi connectivity index (χ0) is 14.9. The Morgan fingerprint density at radius 3 is 2.75 bits per heavy atom. The van der Waals surface area contributed by atoms with Gasteiger partial charge in [0, 0.05) is 26.6 Å². The van der Waals surface area contributed by atoms with Gasteiger partial charge in [-0.3, -0.25) is 9.59 Å². The van der Waals surface area contributed by atoms with Crippen LogP contribution >= 0.6 is 0 Å². The highest BCUT2D eigenvalue weighted by molar-refractivity contribution is 5.97. The Morgan fingerprint density at radius 2 is 2.15 bits per heavy atom. The molecule has 1 aromatic heterocycles. The van der Waals surface area contributed by atoms with E-state index in [1.54, 1.807) is 19.0 Å². The van der Waals surface area contributed by atoms with Gasteiger partial charge in [0.15, 0.2) is 12.1 Å². The fraction of sp³-hybridized carbons (Fsp3) is 0.643. The second kappa shape index (κ2) is 5.64. The fourth-order valence-electron chi connectivity index (χ4n) is 2.53. The number of oxazole rings is 1. The SMILES string of the molecule is CC(C)c1ocnc1C(=O)N1CCC[C@H]1C(=O)N(C)C. The van der Waals surface area contributed by atoms with E-state index in [0.717, 1.165) is 6.42 Å². The van der Waals surface area contributed by atoms with Crippen LogP contribution < -0.4 is 0 Å². The topological polar surface area (TPSA) is 66.7 Å². The van der Waals surface area contributed by atoms with E-state index in [1.807, 2.05) is 13.8 Å². The van der Waals surface area contributed by atoms with E-state index < -0.39 is 0 Å². The van der Waals surface area contributed by atoms with Crippen LogP contribution in [-0.4, -0.2) is 53.3 Å². The van der Waals surface area contributed by atoms with E-state index in [4.69, 9.17) is 4.42 Å². The predicted molar refractivity (Wildman–Crippen MR) is 73.3 cm³/mol. The molecule has 0 unspecified atom stereocenters. The number of carbonyl (C=O) groups is 2. The van der Waals surface area contributed by atoms with E-state index in [-0.39, 0.29) is 23.8 Å². The Hall–Kier alpha value is -1.85. The smallest absolute Gasteiger partial charge is 0.276 e. The molecule has 0 bridgehead atoms. The van der Waals surface area contributed by atoms with Gasteiger partial charge in [-0.25, -0.2) is 4.98 Å². The van der Waals surface area contributed by atoms with E-state index in [1.165, 1.54) is 11.3 Å². The Bertz CT molecular complexity index is 508. The predicted octanol–water partition coefficient (Wildman–Crippen LogP) is 1.49. The van der Waals surface area contributed by atoms with Crippen LogP contribution in [-0.2, 0) is 4.79 Å². The molecular weight excluding hydrogens is 258 g/mol. The Morgan fingerprint density at radius 1 is 1.45 bits per heavy atom. The minimum absolute atomic E-state index is 0.0366. The highest BCUT2D eigenvalue weighted by Crippen LogP contribution is 2.25. The molecule has 1 aliphatic heterocycles. The molecule has 2 heterocycles. The van der Waals surface area contributed by atoms with Crippen molar-refractivity contribution in [3.05, 3.63) is 17.8 Å². The molecule has 20 heavy (non-hydrogen) atoms. The minimum atomic E-state index is -0.380. The normalized spacial score (nSPS) is 18.6. The van der Waals surface area contributed by atoms with Crippen molar-refractivity contribution in [3.8, 4) is 0 Å². The number of hydrogen-bond acceptors (Lipinski definition) is 4. The van der Waals surface area contributed by atoms with Crippen LogP contribution in [0.15, 0.2) is 10.8 Å². The largest absolute Gasteiger partial charge is 0.447 e. The maximum atomic E-state index is 12.6. The zero-order valence-corrected chi connectivity index (χ0v) is 12.4. The number of carbonyl (C=O) groups excluding carboxylic acids is 2. The molecule has 2 amide bonds. The third kappa shape index (κ3) is 2.55. The number of amides is 2. The number of nitrogens with zero attached hydrogens (tertiary/aromatic N) is 3. The van der Waals surface area contributed by atoms with Gasteiger partial charge in [0.05, 0.1) is 0 Å². The number of likely N-dealkylation sites (N-methyl/N-ethyl adjacent to an activating group) is 1. The molecule has 1 atom stereocenters. The van der Waals surface area contributed by atoms with Gasteiger partial charge in [-0.2, -0.15) is 0 Å². The summed E-state index contributed by atoms with van der Waals surface area (Å²) in [7, 11) is 3.41. The van der Waals surface area contributed by atoms with Crippen LogP contribution in [0.25, 0.3) is 0 Å². The van der Waals surface area contributed by atoms with Gasteiger partial charge in [-0.1, -0.05) is 13.8 Å². The maximum Gasteiger partial charge on any atom is 0.276 e. The van der Waals surface area contributed by atoms with Crippen LogP contribution in [0.1, 0.15) is 48.9 Å². The van der Waals surface area contributed by atoms with Gasteiger partial charge >= 0.3 is 0 Å². The second-order valence-electron chi connectivity index (χ2n) is 5.61. The molecule has 0 aromatic carbocycles. The van der Waals surface area contributed by atoms with Gasteiger partial charge in [0.1, 0.15) is 11.8 Å². The van der Waals surface area contributed by atoms with Crippen molar-refractivity contribution in [2.24, 2.45) is 0 Å². The molecule has 0 saturated carbocycles. The van der Waals surface area contributed by atoms with Crippen molar-refractivity contribution >= 4 is 11.8 Å². The summed E-state index contributed by atoms with van der Waals surface area (Å²) in [6, 6.07) is -0.380. The molecule has 2 rings (SSSR count). The fourth-order valence-corrected chi connectivity index (χ4v) is 2.53. The van der Waals surface area contributed by atoms with Crippen molar-refractivity contribution in [1.29, 1.82) is 0 Å². The summed E-state index contributed by atoms with van der Waals surface area (Å²) in [5.41, 5.74) is 0.332. The molecule has 6 heteroatoms.